The molecule has 3 fully saturated rings. The molecule has 3 saturated carbocycles. The van der Waals surface area contributed by atoms with Crippen molar-refractivity contribution in [1.29, 1.82) is 0 Å². The Labute approximate surface area is 99.6 Å². The zero-order chi connectivity index (χ0) is 10.5. The first kappa shape index (κ1) is 10.5. The van der Waals surface area contributed by atoms with Crippen molar-refractivity contribution in [2.24, 2.45) is 29.1 Å². The van der Waals surface area contributed by atoms with E-state index in [0.29, 0.717) is 0 Å². The van der Waals surface area contributed by atoms with E-state index < -0.39 is 0 Å². The lowest BCUT2D eigenvalue weighted by atomic mass is 9.65. The zero-order valence-electron chi connectivity index (χ0n) is 9.91. The summed E-state index contributed by atoms with van der Waals surface area (Å²) in [5.41, 5.74) is 0.868. The van der Waals surface area contributed by atoms with Crippen molar-refractivity contribution in [1.82, 2.24) is 0 Å². The maximum Gasteiger partial charge on any atom is -0.00979 e. The average molecular weight is 224 g/mol. The molecule has 5 atom stereocenters. The fourth-order valence-electron chi connectivity index (χ4n) is 5.03. The SMILES string of the molecule is CCC1C2CCC2C2(CCCCS)CC12. The van der Waals surface area contributed by atoms with Gasteiger partial charge in [0.05, 0.1) is 0 Å². The van der Waals surface area contributed by atoms with E-state index >= 15 is 0 Å². The van der Waals surface area contributed by atoms with Gasteiger partial charge in [-0.15, -0.1) is 0 Å². The summed E-state index contributed by atoms with van der Waals surface area (Å²) in [5, 5.41) is 0. The number of hydrogen-bond acceptors (Lipinski definition) is 1. The minimum Gasteiger partial charge on any atom is -0.179 e. The molecule has 0 amide bonds. The molecule has 0 aliphatic heterocycles. The van der Waals surface area contributed by atoms with E-state index in [1.54, 1.807) is 19.3 Å². The smallest absolute Gasteiger partial charge is 0.00979 e. The summed E-state index contributed by atoms with van der Waals surface area (Å²) in [6, 6.07) is 0. The average Bonchev–Trinajstić information content (AvgIpc) is 2.83. The normalized spacial score (nSPS) is 50.8. The van der Waals surface area contributed by atoms with E-state index in [2.05, 4.69) is 19.6 Å². The first-order valence-corrected chi connectivity index (χ1v) is 7.57. The van der Waals surface area contributed by atoms with Gasteiger partial charge in [-0.3, -0.25) is 0 Å². The molecular weight excluding hydrogens is 200 g/mol. The van der Waals surface area contributed by atoms with Gasteiger partial charge in [0.15, 0.2) is 0 Å². The fourth-order valence-corrected chi connectivity index (χ4v) is 5.25. The van der Waals surface area contributed by atoms with Gasteiger partial charge in [0.25, 0.3) is 0 Å². The van der Waals surface area contributed by atoms with Crippen molar-refractivity contribution in [2.45, 2.75) is 51.9 Å². The van der Waals surface area contributed by atoms with Crippen LogP contribution in [0.5, 0.6) is 0 Å². The van der Waals surface area contributed by atoms with Crippen LogP contribution in [-0.2, 0) is 0 Å². The van der Waals surface area contributed by atoms with Crippen LogP contribution in [-0.4, -0.2) is 5.75 Å². The minimum atomic E-state index is 0.868. The molecule has 3 aliphatic rings. The number of fused-ring (bicyclic) bond motifs is 3. The van der Waals surface area contributed by atoms with Gasteiger partial charge in [0.2, 0.25) is 0 Å². The molecule has 0 spiro atoms. The van der Waals surface area contributed by atoms with Crippen LogP contribution >= 0.6 is 12.6 Å². The lowest BCUT2D eigenvalue weighted by Crippen LogP contribution is -2.32. The van der Waals surface area contributed by atoms with Gasteiger partial charge in [0, 0.05) is 0 Å². The third-order valence-electron chi connectivity index (χ3n) is 5.83. The minimum absolute atomic E-state index is 0.868. The molecule has 0 nitrogen and oxygen atoms in total. The first-order valence-electron chi connectivity index (χ1n) is 6.94. The van der Waals surface area contributed by atoms with E-state index in [1.165, 1.54) is 25.7 Å². The van der Waals surface area contributed by atoms with Crippen molar-refractivity contribution in [3.63, 3.8) is 0 Å². The summed E-state index contributed by atoms with van der Waals surface area (Å²) < 4.78 is 0. The lowest BCUT2D eigenvalue weighted by molar-refractivity contribution is 0.0911. The Hall–Kier alpha value is 0.350. The van der Waals surface area contributed by atoms with Crippen molar-refractivity contribution in [3.05, 3.63) is 0 Å². The summed E-state index contributed by atoms with van der Waals surface area (Å²) in [7, 11) is 0. The Balaban J connectivity index is 1.64. The molecule has 15 heavy (non-hydrogen) atoms. The number of thiol groups is 1. The monoisotopic (exact) mass is 224 g/mol. The Morgan fingerprint density at radius 3 is 2.60 bits per heavy atom. The molecular formula is C14H24S. The van der Waals surface area contributed by atoms with Gasteiger partial charge in [-0.1, -0.05) is 19.8 Å². The number of hydrogen-bond donors (Lipinski definition) is 1. The highest BCUT2D eigenvalue weighted by molar-refractivity contribution is 7.80. The molecule has 3 aliphatic carbocycles. The van der Waals surface area contributed by atoms with Gasteiger partial charge >= 0.3 is 0 Å². The van der Waals surface area contributed by atoms with Crippen LogP contribution in [0.2, 0.25) is 0 Å². The summed E-state index contributed by atoms with van der Waals surface area (Å²) in [6.45, 7) is 2.42. The van der Waals surface area contributed by atoms with Crippen molar-refractivity contribution >= 4 is 12.6 Å². The number of rotatable bonds is 5. The van der Waals surface area contributed by atoms with Gasteiger partial charge in [0.1, 0.15) is 0 Å². The van der Waals surface area contributed by atoms with Crippen LogP contribution in [0.3, 0.4) is 0 Å². The predicted octanol–water partition coefficient (Wildman–Crippen LogP) is 4.16. The quantitative estimate of drug-likeness (QED) is 0.526. The third-order valence-corrected chi connectivity index (χ3v) is 6.15. The molecule has 0 aromatic heterocycles. The number of unbranched alkanes of at least 4 members (excludes halogenated alkanes) is 1. The van der Waals surface area contributed by atoms with Gasteiger partial charge in [-0.05, 0) is 66.9 Å². The van der Waals surface area contributed by atoms with E-state index in [9.17, 15) is 0 Å². The highest BCUT2D eigenvalue weighted by Gasteiger charge is 2.71. The second-order valence-corrected chi connectivity index (χ2v) is 6.59. The van der Waals surface area contributed by atoms with Crippen LogP contribution in [0.15, 0.2) is 0 Å². The molecule has 0 N–H and O–H groups in total. The standard InChI is InChI=1S/C14H24S/c1-2-10-11-5-6-12(11)14(9-13(10)14)7-3-4-8-15/h10-13,15H,2-9H2,1H3. The molecule has 0 heterocycles. The highest BCUT2D eigenvalue weighted by Crippen LogP contribution is 2.78. The first-order chi connectivity index (χ1) is 7.33. The molecule has 0 aromatic carbocycles. The van der Waals surface area contributed by atoms with E-state index in [-0.39, 0.29) is 0 Å². The maximum atomic E-state index is 4.33. The summed E-state index contributed by atoms with van der Waals surface area (Å²) >= 11 is 4.33. The highest BCUT2D eigenvalue weighted by atomic mass is 32.1. The third kappa shape index (κ3) is 1.34. The van der Waals surface area contributed by atoms with Crippen LogP contribution in [0, 0.1) is 29.1 Å². The largest absolute Gasteiger partial charge is 0.179 e. The van der Waals surface area contributed by atoms with Crippen LogP contribution in [0.25, 0.3) is 0 Å². The van der Waals surface area contributed by atoms with Crippen molar-refractivity contribution in [3.8, 4) is 0 Å². The van der Waals surface area contributed by atoms with Gasteiger partial charge in [-0.25, -0.2) is 0 Å². The Bertz CT molecular complexity index is 250. The Morgan fingerprint density at radius 1 is 1.20 bits per heavy atom. The van der Waals surface area contributed by atoms with Gasteiger partial charge < -0.3 is 0 Å². The molecule has 86 valence electrons. The Morgan fingerprint density at radius 2 is 2.07 bits per heavy atom. The molecule has 0 aromatic rings. The fraction of sp³-hybridized carbons (Fsp3) is 1.00. The van der Waals surface area contributed by atoms with Crippen LogP contribution in [0.4, 0.5) is 0 Å². The summed E-state index contributed by atoms with van der Waals surface area (Å²) in [6.07, 6.45) is 10.5. The molecule has 0 saturated heterocycles. The summed E-state index contributed by atoms with van der Waals surface area (Å²) in [4.78, 5) is 0. The molecule has 0 bridgehead atoms. The molecule has 3 rings (SSSR count). The van der Waals surface area contributed by atoms with Gasteiger partial charge in [-0.2, -0.15) is 12.6 Å². The zero-order valence-corrected chi connectivity index (χ0v) is 10.8. The van der Waals surface area contributed by atoms with E-state index in [4.69, 9.17) is 0 Å². The lowest BCUT2D eigenvalue weighted by Gasteiger charge is -2.40. The van der Waals surface area contributed by atoms with E-state index in [1.807, 2.05) is 0 Å². The van der Waals surface area contributed by atoms with E-state index in [0.717, 1.165) is 34.8 Å². The maximum absolute atomic E-state index is 4.33. The van der Waals surface area contributed by atoms with Crippen molar-refractivity contribution in [2.75, 3.05) is 5.75 Å². The second kappa shape index (κ2) is 3.68. The van der Waals surface area contributed by atoms with Crippen molar-refractivity contribution < 1.29 is 0 Å². The predicted molar refractivity (Wildman–Crippen MR) is 68.2 cm³/mol. The molecule has 1 heteroatoms. The molecule has 5 unspecified atom stereocenters. The van der Waals surface area contributed by atoms with Crippen LogP contribution in [0.1, 0.15) is 51.9 Å². The Kier molecular flexibility index (Phi) is 2.58. The topological polar surface area (TPSA) is 0 Å². The summed E-state index contributed by atoms with van der Waals surface area (Å²) in [5.74, 6) is 5.68. The second-order valence-electron chi connectivity index (χ2n) is 6.14. The van der Waals surface area contributed by atoms with Crippen LogP contribution < -0.4 is 0 Å². The molecule has 0 radical (unpaired) electrons.